The molecule has 142 valence electrons. The zero-order valence-electron chi connectivity index (χ0n) is 15.6. The van der Waals surface area contributed by atoms with Crippen LogP contribution in [0.4, 0.5) is 0 Å². The molecule has 0 bridgehead atoms. The van der Waals surface area contributed by atoms with E-state index in [0.29, 0.717) is 23.1 Å². The summed E-state index contributed by atoms with van der Waals surface area (Å²) in [6.07, 6.45) is 1.89. The minimum atomic E-state index is -0.304. The van der Waals surface area contributed by atoms with Gasteiger partial charge >= 0.3 is 0 Å². The molecule has 0 radical (unpaired) electrons. The quantitative estimate of drug-likeness (QED) is 0.530. The van der Waals surface area contributed by atoms with E-state index in [1.54, 1.807) is 0 Å². The van der Waals surface area contributed by atoms with Crippen LogP contribution in [0, 0.1) is 0 Å². The Balaban J connectivity index is 1.61. The normalized spacial score (nSPS) is 12.1. The number of thiophene rings is 1. The lowest BCUT2D eigenvalue weighted by Crippen LogP contribution is -2.27. The number of nitrogens with zero attached hydrogens (tertiary/aromatic N) is 3. The van der Waals surface area contributed by atoms with Crippen LogP contribution < -0.4 is 10.1 Å². The fraction of sp³-hybridized carbons (Fsp3) is 0.190. The average molecular weight is 392 g/mol. The van der Waals surface area contributed by atoms with Gasteiger partial charge in [-0.25, -0.2) is 0 Å². The highest BCUT2D eigenvalue weighted by Gasteiger charge is 2.22. The van der Waals surface area contributed by atoms with Gasteiger partial charge in [0.25, 0.3) is 5.91 Å². The van der Waals surface area contributed by atoms with Crippen LogP contribution >= 0.6 is 11.3 Å². The zero-order valence-corrected chi connectivity index (χ0v) is 16.4. The molecule has 0 aliphatic rings. The lowest BCUT2D eigenvalue weighted by Gasteiger charge is -2.12. The summed E-state index contributed by atoms with van der Waals surface area (Å²) < 4.78 is 7.59. The van der Waals surface area contributed by atoms with E-state index in [1.165, 1.54) is 11.3 Å². The highest BCUT2D eigenvalue weighted by molar-refractivity contribution is 7.17. The van der Waals surface area contributed by atoms with Crippen LogP contribution in [-0.2, 0) is 0 Å². The van der Waals surface area contributed by atoms with Gasteiger partial charge in [-0.05, 0) is 37.6 Å². The van der Waals surface area contributed by atoms with Crippen LogP contribution in [0.5, 0.6) is 5.75 Å². The third-order valence-electron chi connectivity index (χ3n) is 4.34. The van der Waals surface area contributed by atoms with Crippen molar-refractivity contribution in [2.24, 2.45) is 0 Å². The van der Waals surface area contributed by atoms with Crippen LogP contribution in [0.3, 0.4) is 0 Å². The fourth-order valence-corrected chi connectivity index (χ4v) is 4.03. The number of hydrogen-bond donors (Lipinski definition) is 1. The second kappa shape index (κ2) is 7.82. The summed E-state index contributed by atoms with van der Waals surface area (Å²) >= 11 is 1.42. The molecule has 7 heteroatoms. The van der Waals surface area contributed by atoms with Crippen LogP contribution in [0.1, 0.15) is 35.4 Å². The first-order valence-electron chi connectivity index (χ1n) is 9.10. The van der Waals surface area contributed by atoms with Crippen molar-refractivity contribution < 1.29 is 9.53 Å². The van der Waals surface area contributed by atoms with Crippen molar-refractivity contribution in [1.82, 2.24) is 19.9 Å². The highest BCUT2D eigenvalue weighted by atomic mass is 32.1. The van der Waals surface area contributed by atoms with Crippen molar-refractivity contribution in [3.63, 3.8) is 0 Å². The number of ether oxygens (including phenoxy) is 1. The molecule has 0 fully saturated rings. The van der Waals surface area contributed by atoms with E-state index < -0.39 is 0 Å². The monoisotopic (exact) mass is 392 g/mol. The molecule has 3 aromatic heterocycles. The molecule has 1 atom stereocenters. The number of carbonyl (C=O) groups is 1. The van der Waals surface area contributed by atoms with Crippen molar-refractivity contribution in [2.45, 2.75) is 19.9 Å². The number of carbonyl (C=O) groups excluding carboxylic acids is 1. The summed E-state index contributed by atoms with van der Waals surface area (Å²) in [5.41, 5.74) is 1.81. The van der Waals surface area contributed by atoms with E-state index in [1.807, 2.05) is 79.0 Å². The summed E-state index contributed by atoms with van der Waals surface area (Å²) in [5.74, 6) is 1.10. The Kier molecular flexibility index (Phi) is 5.08. The van der Waals surface area contributed by atoms with E-state index >= 15 is 0 Å². The van der Waals surface area contributed by atoms with Crippen LogP contribution in [0.15, 0.2) is 60.8 Å². The molecule has 28 heavy (non-hydrogen) atoms. The van der Waals surface area contributed by atoms with Crippen LogP contribution in [0.2, 0.25) is 0 Å². The molecule has 1 N–H and O–H groups in total. The lowest BCUT2D eigenvalue weighted by atomic mass is 10.2. The van der Waals surface area contributed by atoms with Gasteiger partial charge in [-0.3, -0.25) is 9.20 Å². The van der Waals surface area contributed by atoms with Gasteiger partial charge in [0.1, 0.15) is 10.6 Å². The number of nitrogens with one attached hydrogen (secondary N) is 1. The van der Waals surface area contributed by atoms with Crippen molar-refractivity contribution in [1.29, 1.82) is 0 Å². The molecule has 0 aliphatic heterocycles. The van der Waals surface area contributed by atoms with E-state index in [9.17, 15) is 4.79 Å². The molecule has 1 amide bonds. The first-order valence-corrected chi connectivity index (χ1v) is 9.91. The molecule has 0 saturated heterocycles. The van der Waals surface area contributed by atoms with Gasteiger partial charge in [0.15, 0.2) is 11.5 Å². The maximum absolute atomic E-state index is 13.0. The predicted octanol–water partition coefficient (Wildman–Crippen LogP) is 4.35. The van der Waals surface area contributed by atoms with E-state index in [2.05, 4.69) is 15.5 Å². The summed E-state index contributed by atoms with van der Waals surface area (Å²) in [7, 11) is 0. The summed E-state index contributed by atoms with van der Waals surface area (Å²) in [5, 5.41) is 11.4. The summed E-state index contributed by atoms with van der Waals surface area (Å²) in [4.78, 5) is 14.5. The Labute approximate surface area is 166 Å². The van der Waals surface area contributed by atoms with Gasteiger partial charge in [-0.2, -0.15) is 0 Å². The van der Waals surface area contributed by atoms with Gasteiger partial charge in [0.2, 0.25) is 0 Å². The third kappa shape index (κ3) is 3.48. The number of hydrogen-bond acceptors (Lipinski definition) is 5. The van der Waals surface area contributed by atoms with Crippen molar-refractivity contribution in [3.05, 3.63) is 71.5 Å². The van der Waals surface area contributed by atoms with Crippen molar-refractivity contribution in [3.8, 4) is 16.2 Å². The Bertz CT molecular complexity index is 1100. The maximum Gasteiger partial charge on any atom is 0.265 e. The molecule has 4 rings (SSSR count). The van der Waals surface area contributed by atoms with Gasteiger partial charge < -0.3 is 10.1 Å². The number of pyridine rings is 1. The number of benzene rings is 1. The summed E-state index contributed by atoms with van der Waals surface area (Å²) in [6, 6.07) is 17.3. The lowest BCUT2D eigenvalue weighted by molar-refractivity contribution is 0.0939. The van der Waals surface area contributed by atoms with Crippen molar-refractivity contribution in [2.75, 3.05) is 6.61 Å². The minimum absolute atomic E-state index is 0.184. The molecule has 1 aromatic carbocycles. The van der Waals surface area contributed by atoms with E-state index in [-0.39, 0.29) is 11.9 Å². The molecular weight excluding hydrogens is 372 g/mol. The van der Waals surface area contributed by atoms with E-state index in [0.717, 1.165) is 16.1 Å². The first-order chi connectivity index (χ1) is 13.7. The highest BCUT2D eigenvalue weighted by Crippen LogP contribution is 2.36. The third-order valence-corrected chi connectivity index (χ3v) is 5.50. The number of amides is 1. The molecule has 0 saturated carbocycles. The second-order valence-corrected chi connectivity index (χ2v) is 7.34. The summed E-state index contributed by atoms with van der Waals surface area (Å²) in [6.45, 7) is 4.30. The maximum atomic E-state index is 13.0. The van der Waals surface area contributed by atoms with Crippen LogP contribution in [0.25, 0.3) is 16.1 Å². The Morgan fingerprint density at radius 2 is 1.96 bits per heavy atom. The molecule has 4 aromatic rings. The first kappa shape index (κ1) is 18.2. The van der Waals surface area contributed by atoms with Gasteiger partial charge in [-0.15, -0.1) is 21.5 Å². The number of fused-ring (bicyclic) bond motifs is 1. The van der Waals surface area contributed by atoms with E-state index in [4.69, 9.17) is 4.74 Å². The molecule has 6 nitrogen and oxygen atoms in total. The smallest absolute Gasteiger partial charge is 0.265 e. The Hall–Kier alpha value is -3.19. The van der Waals surface area contributed by atoms with Crippen molar-refractivity contribution >= 4 is 22.9 Å². The molecule has 0 spiro atoms. The van der Waals surface area contributed by atoms with Crippen LogP contribution in [-0.4, -0.2) is 27.1 Å². The SMILES string of the molecule is CCOc1cc(-c2ccccc2)sc1C(=O)NC(C)c1nnc2ccccn12. The zero-order chi connectivity index (χ0) is 19.5. The molecule has 3 heterocycles. The topological polar surface area (TPSA) is 68.5 Å². The number of aromatic nitrogens is 3. The second-order valence-electron chi connectivity index (χ2n) is 6.29. The Morgan fingerprint density at radius 3 is 2.75 bits per heavy atom. The standard InChI is InChI=1S/C21H20N4O2S/c1-3-27-16-13-17(15-9-5-4-6-10-15)28-19(16)21(26)22-14(2)20-24-23-18-11-7-8-12-25(18)20/h4-14H,3H2,1-2H3,(H,22,26). The molecular formula is C21H20N4O2S. The van der Waals surface area contributed by atoms with Gasteiger partial charge in [0, 0.05) is 11.1 Å². The molecule has 0 aliphatic carbocycles. The number of rotatable bonds is 6. The predicted molar refractivity (Wildman–Crippen MR) is 110 cm³/mol. The fourth-order valence-electron chi connectivity index (χ4n) is 3.02. The molecule has 1 unspecified atom stereocenters. The average Bonchev–Trinajstić information content (AvgIpc) is 3.33. The van der Waals surface area contributed by atoms with Gasteiger partial charge in [0.05, 0.1) is 12.6 Å². The van der Waals surface area contributed by atoms with Gasteiger partial charge in [-0.1, -0.05) is 36.4 Å². The largest absolute Gasteiger partial charge is 0.492 e. The Morgan fingerprint density at radius 1 is 1.18 bits per heavy atom. The minimum Gasteiger partial charge on any atom is -0.492 e.